The van der Waals surface area contributed by atoms with Crippen molar-refractivity contribution < 1.29 is 14.8 Å². The summed E-state index contributed by atoms with van der Waals surface area (Å²) in [6, 6.07) is 0. The molecule has 1 aromatic rings. The molecular weight excluding hydrogens is 282 g/mol. The van der Waals surface area contributed by atoms with E-state index in [1.807, 2.05) is 6.92 Å². The molecule has 1 N–H and O–H groups in total. The summed E-state index contributed by atoms with van der Waals surface area (Å²) in [6.45, 7) is 2.29. The van der Waals surface area contributed by atoms with Crippen LogP contribution in [0.3, 0.4) is 0 Å². The smallest absolute Gasteiger partial charge is 0.405 e. The van der Waals surface area contributed by atoms with Gasteiger partial charge in [0.15, 0.2) is 10.2 Å². The molecule has 0 aromatic carbocycles. The number of carbonyl (C=O) groups is 1. The molecule has 1 aromatic heterocycles. The minimum Gasteiger partial charge on any atom is -0.476 e. The van der Waals surface area contributed by atoms with Crippen molar-refractivity contribution in [3.63, 3.8) is 0 Å². The number of carboxylic acids is 1. The average Bonchev–Trinajstić information content (AvgIpc) is 2.52. The molecule has 0 amide bonds. The number of halogens is 1. The normalized spacial score (nSPS) is 10.4. The lowest BCUT2D eigenvalue weighted by atomic mass is 10.3. The molecule has 0 radical (unpaired) electrons. The second-order valence-corrected chi connectivity index (χ2v) is 3.92. The van der Waals surface area contributed by atoms with Crippen molar-refractivity contribution in [2.24, 2.45) is 0 Å². The van der Waals surface area contributed by atoms with Gasteiger partial charge in [0.25, 0.3) is 0 Å². The van der Waals surface area contributed by atoms with Gasteiger partial charge in [-0.05, 0) is 27.3 Å². The van der Waals surface area contributed by atoms with Crippen LogP contribution in [0.15, 0.2) is 4.47 Å². The average molecular weight is 292 g/mol. The van der Waals surface area contributed by atoms with Gasteiger partial charge >= 0.3 is 11.8 Å². The van der Waals surface area contributed by atoms with Gasteiger partial charge in [0.2, 0.25) is 0 Å². The summed E-state index contributed by atoms with van der Waals surface area (Å²) < 4.78 is 1.06. The molecule has 0 aliphatic heterocycles. The van der Waals surface area contributed by atoms with Gasteiger partial charge in [-0.25, -0.2) is 4.79 Å². The molecule has 8 heteroatoms. The maximum atomic E-state index is 10.9. The van der Waals surface area contributed by atoms with E-state index in [2.05, 4.69) is 21.0 Å². The highest BCUT2D eigenvalue weighted by molar-refractivity contribution is 9.10. The molecule has 7 nitrogen and oxygen atoms in total. The minimum absolute atomic E-state index is 0.0823. The molecule has 16 heavy (non-hydrogen) atoms. The molecule has 0 saturated heterocycles. The number of aromatic carboxylic acids is 1. The molecule has 0 aliphatic rings. The van der Waals surface area contributed by atoms with E-state index in [-0.39, 0.29) is 10.2 Å². The van der Waals surface area contributed by atoms with Crippen LogP contribution in [0.5, 0.6) is 0 Å². The Hall–Kier alpha value is -1.44. The summed E-state index contributed by atoms with van der Waals surface area (Å²) in [7, 11) is 0. The Bertz CT molecular complexity index is 429. The van der Waals surface area contributed by atoms with E-state index in [0.29, 0.717) is 13.0 Å². The predicted octanol–water partition coefficient (Wildman–Crippen LogP) is 2.05. The molecule has 0 saturated carbocycles. The van der Waals surface area contributed by atoms with Gasteiger partial charge in [-0.15, -0.1) is 0 Å². The van der Waals surface area contributed by atoms with E-state index in [1.54, 1.807) is 0 Å². The Balaban J connectivity index is 3.20. The number of aryl methyl sites for hydroxylation is 1. The van der Waals surface area contributed by atoms with E-state index in [9.17, 15) is 14.9 Å². The Labute approximate surface area is 99.3 Å². The van der Waals surface area contributed by atoms with Gasteiger partial charge in [-0.3, -0.25) is 0 Å². The van der Waals surface area contributed by atoms with E-state index in [0.717, 1.165) is 11.1 Å². The summed E-state index contributed by atoms with van der Waals surface area (Å²) >= 11 is 2.89. The third-order valence-electron chi connectivity index (χ3n) is 1.98. The van der Waals surface area contributed by atoms with Gasteiger partial charge in [-0.2, -0.15) is 4.68 Å². The first-order valence-electron chi connectivity index (χ1n) is 4.63. The summed E-state index contributed by atoms with van der Waals surface area (Å²) in [4.78, 5) is 20.8. The van der Waals surface area contributed by atoms with Crippen LogP contribution in [-0.2, 0) is 6.54 Å². The molecule has 0 atom stereocenters. The van der Waals surface area contributed by atoms with Crippen LogP contribution in [0.4, 0.5) is 5.82 Å². The topological polar surface area (TPSA) is 98.3 Å². The van der Waals surface area contributed by atoms with Crippen LogP contribution >= 0.6 is 15.9 Å². The quantitative estimate of drug-likeness (QED) is 0.661. The highest BCUT2D eigenvalue weighted by Crippen LogP contribution is 2.27. The minimum atomic E-state index is -1.23. The van der Waals surface area contributed by atoms with Crippen molar-refractivity contribution >= 4 is 27.7 Å². The molecule has 0 spiro atoms. The number of rotatable bonds is 5. The van der Waals surface area contributed by atoms with Gasteiger partial charge < -0.3 is 15.2 Å². The zero-order valence-corrected chi connectivity index (χ0v) is 10.1. The molecule has 0 aliphatic carbocycles. The third-order valence-corrected chi connectivity index (χ3v) is 2.71. The lowest BCUT2D eigenvalue weighted by Gasteiger charge is -1.97. The maximum Gasteiger partial charge on any atom is 0.405 e. The number of carboxylic acid groups (broad SMARTS) is 1. The molecule has 1 heterocycles. The van der Waals surface area contributed by atoms with Crippen LogP contribution < -0.4 is 0 Å². The highest BCUT2D eigenvalue weighted by Gasteiger charge is 2.29. The first kappa shape index (κ1) is 12.6. The first-order valence-corrected chi connectivity index (χ1v) is 5.42. The van der Waals surface area contributed by atoms with Crippen molar-refractivity contribution in [1.29, 1.82) is 0 Å². The SMILES string of the molecule is CCCCn1nc([N+](=O)[O-])c(Br)c1C(=O)O. The second-order valence-electron chi connectivity index (χ2n) is 3.13. The number of unbranched alkanes of at least 4 members (excludes halogenated alkanes) is 1. The Morgan fingerprint density at radius 3 is 2.75 bits per heavy atom. The third kappa shape index (κ3) is 2.38. The van der Waals surface area contributed by atoms with E-state index in [4.69, 9.17) is 5.11 Å². The number of nitro groups is 1. The molecule has 0 bridgehead atoms. The molecule has 0 fully saturated rings. The van der Waals surface area contributed by atoms with E-state index in [1.165, 1.54) is 0 Å². The van der Waals surface area contributed by atoms with Crippen LogP contribution in [0, 0.1) is 10.1 Å². The van der Waals surface area contributed by atoms with Crippen molar-refractivity contribution in [2.45, 2.75) is 26.3 Å². The Morgan fingerprint density at radius 2 is 2.31 bits per heavy atom. The Kier molecular flexibility index (Phi) is 3.99. The number of hydrogen-bond acceptors (Lipinski definition) is 4. The lowest BCUT2D eigenvalue weighted by molar-refractivity contribution is -0.390. The van der Waals surface area contributed by atoms with Crippen LogP contribution in [0.25, 0.3) is 0 Å². The Morgan fingerprint density at radius 1 is 1.69 bits per heavy atom. The van der Waals surface area contributed by atoms with Crippen molar-refractivity contribution in [1.82, 2.24) is 9.78 Å². The van der Waals surface area contributed by atoms with Crippen molar-refractivity contribution in [3.05, 3.63) is 20.3 Å². The van der Waals surface area contributed by atoms with Crippen LogP contribution in [0.2, 0.25) is 0 Å². The fourth-order valence-corrected chi connectivity index (χ4v) is 1.82. The number of aromatic nitrogens is 2. The summed E-state index contributed by atoms with van der Waals surface area (Å²) in [6.07, 6.45) is 1.57. The number of nitrogens with zero attached hydrogens (tertiary/aromatic N) is 3. The lowest BCUT2D eigenvalue weighted by Crippen LogP contribution is -2.10. The summed E-state index contributed by atoms with van der Waals surface area (Å²) in [5, 5.41) is 23.2. The van der Waals surface area contributed by atoms with E-state index >= 15 is 0 Å². The van der Waals surface area contributed by atoms with Gasteiger partial charge in [-0.1, -0.05) is 13.3 Å². The van der Waals surface area contributed by atoms with Gasteiger partial charge in [0.1, 0.15) is 0 Å². The zero-order chi connectivity index (χ0) is 12.3. The number of hydrogen-bond donors (Lipinski definition) is 1. The summed E-state index contributed by atoms with van der Waals surface area (Å²) in [5.74, 6) is -1.70. The van der Waals surface area contributed by atoms with Crippen molar-refractivity contribution in [2.75, 3.05) is 0 Å². The standard InChI is InChI=1S/C8H10BrN3O4/c1-2-3-4-11-6(8(13)14)5(9)7(10-11)12(15)16/h2-4H2,1H3,(H,13,14). The molecule has 0 unspecified atom stereocenters. The molecule has 1 rings (SSSR count). The van der Waals surface area contributed by atoms with Crippen molar-refractivity contribution in [3.8, 4) is 0 Å². The van der Waals surface area contributed by atoms with E-state index < -0.39 is 16.7 Å². The fourth-order valence-electron chi connectivity index (χ4n) is 1.22. The van der Waals surface area contributed by atoms with Gasteiger partial charge in [0.05, 0.1) is 11.6 Å². The van der Waals surface area contributed by atoms with Crippen LogP contribution in [-0.4, -0.2) is 25.8 Å². The monoisotopic (exact) mass is 291 g/mol. The second kappa shape index (κ2) is 5.06. The van der Waals surface area contributed by atoms with Crippen LogP contribution in [0.1, 0.15) is 30.3 Å². The zero-order valence-electron chi connectivity index (χ0n) is 8.51. The molecular formula is C8H10BrN3O4. The fraction of sp³-hybridized carbons (Fsp3) is 0.500. The maximum absolute atomic E-state index is 10.9. The largest absolute Gasteiger partial charge is 0.476 e. The molecule has 88 valence electrons. The highest BCUT2D eigenvalue weighted by atomic mass is 79.9. The van der Waals surface area contributed by atoms with Gasteiger partial charge in [0, 0.05) is 0 Å². The predicted molar refractivity (Wildman–Crippen MR) is 58.4 cm³/mol. The first-order chi connectivity index (χ1) is 7.49. The summed E-state index contributed by atoms with van der Waals surface area (Å²) in [5.41, 5.74) is -0.180.